The predicted molar refractivity (Wildman–Crippen MR) is 114 cm³/mol. The van der Waals surface area contributed by atoms with E-state index in [1.54, 1.807) is 23.1 Å². The number of anilines is 1. The van der Waals surface area contributed by atoms with E-state index in [0.717, 1.165) is 65.5 Å². The standard InChI is InChI=1S/C20H31NO5S2/c1-15-14-16(27-13-9-12-19(25)26)20(28-15)21-17(22)10-7-5-3-2-4-6-8-11-18(23)24/h14H,2-13H2,1H3,(H,21,22)(H,23,24)(H,25,26). The van der Waals surface area contributed by atoms with Crippen molar-refractivity contribution in [2.24, 2.45) is 0 Å². The molecule has 1 amide bonds. The van der Waals surface area contributed by atoms with Gasteiger partial charge in [-0.05, 0) is 38.0 Å². The minimum absolute atomic E-state index is 0.0238. The van der Waals surface area contributed by atoms with Crippen molar-refractivity contribution in [1.82, 2.24) is 0 Å². The molecule has 158 valence electrons. The highest BCUT2D eigenvalue weighted by molar-refractivity contribution is 7.99. The molecule has 0 radical (unpaired) electrons. The van der Waals surface area contributed by atoms with Gasteiger partial charge in [0.1, 0.15) is 5.00 Å². The Bertz CT molecular complexity index is 630. The molecule has 1 heterocycles. The zero-order valence-corrected chi connectivity index (χ0v) is 18.1. The van der Waals surface area contributed by atoms with E-state index in [-0.39, 0.29) is 18.7 Å². The van der Waals surface area contributed by atoms with Gasteiger partial charge in [-0.15, -0.1) is 23.1 Å². The fourth-order valence-corrected chi connectivity index (χ4v) is 4.88. The fraction of sp³-hybridized carbons (Fsp3) is 0.650. The average molecular weight is 430 g/mol. The average Bonchev–Trinajstić information content (AvgIpc) is 2.96. The SMILES string of the molecule is Cc1cc(SCCCC(=O)O)c(NC(=O)CCCCCCCCCC(=O)O)s1. The molecule has 1 rings (SSSR count). The smallest absolute Gasteiger partial charge is 0.303 e. The van der Waals surface area contributed by atoms with Crippen molar-refractivity contribution >= 4 is 45.9 Å². The maximum atomic E-state index is 12.2. The van der Waals surface area contributed by atoms with Gasteiger partial charge in [0.05, 0.1) is 0 Å². The molecule has 8 heteroatoms. The lowest BCUT2D eigenvalue weighted by molar-refractivity contribution is -0.138. The van der Waals surface area contributed by atoms with E-state index in [1.807, 2.05) is 13.0 Å². The van der Waals surface area contributed by atoms with Gasteiger partial charge in [-0.25, -0.2) is 0 Å². The van der Waals surface area contributed by atoms with Crippen LogP contribution in [-0.4, -0.2) is 33.8 Å². The molecule has 0 saturated carbocycles. The number of hydrogen-bond acceptors (Lipinski definition) is 5. The van der Waals surface area contributed by atoms with Crippen LogP contribution < -0.4 is 5.32 Å². The van der Waals surface area contributed by atoms with E-state index < -0.39 is 11.9 Å². The van der Waals surface area contributed by atoms with Crippen LogP contribution in [0.2, 0.25) is 0 Å². The summed E-state index contributed by atoms with van der Waals surface area (Å²) in [5, 5.41) is 21.1. The van der Waals surface area contributed by atoms with Crippen molar-refractivity contribution in [2.45, 2.75) is 82.4 Å². The fourth-order valence-electron chi connectivity index (χ4n) is 2.73. The number of amides is 1. The zero-order chi connectivity index (χ0) is 20.8. The normalized spacial score (nSPS) is 10.8. The van der Waals surface area contributed by atoms with Gasteiger partial charge < -0.3 is 15.5 Å². The van der Waals surface area contributed by atoms with E-state index in [1.165, 1.54) is 0 Å². The first kappa shape index (κ1) is 24.5. The highest BCUT2D eigenvalue weighted by atomic mass is 32.2. The first-order valence-electron chi connectivity index (χ1n) is 9.85. The minimum Gasteiger partial charge on any atom is -0.481 e. The minimum atomic E-state index is -0.782. The number of nitrogens with one attached hydrogen (secondary N) is 1. The Balaban J connectivity index is 2.17. The van der Waals surface area contributed by atoms with E-state index in [9.17, 15) is 14.4 Å². The van der Waals surface area contributed by atoms with Crippen LogP contribution in [0.15, 0.2) is 11.0 Å². The van der Waals surface area contributed by atoms with Crippen molar-refractivity contribution in [1.29, 1.82) is 0 Å². The molecule has 6 nitrogen and oxygen atoms in total. The molecule has 0 fully saturated rings. The maximum Gasteiger partial charge on any atom is 0.303 e. The number of carbonyl (C=O) groups excluding carboxylic acids is 1. The third kappa shape index (κ3) is 12.0. The summed E-state index contributed by atoms with van der Waals surface area (Å²) in [5.41, 5.74) is 0. The van der Waals surface area contributed by atoms with Gasteiger partial charge in [0.25, 0.3) is 0 Å². The molecule has 0 spiro atoms. The number of rotatable bonds is 16. The third-order valence-corrected chi connectivity index (χ3v) is 6.38. The van der Waals surface area contributed by atoms with Gasteiger partial charge in [-0.2, -0.15) is 0 Å². The Labute approximate surface area is 175 Å². The largest absolute Gasteiger partial charge is 0.481 e. The number of thiophene rings is 1. The van der Waals surface area contributed by atoms with Crippen LogP contribution in [0.5, 0.6) is 0 Å². The molecule has 1 aromatic heterocycles. The topological polar surface area (TPSA) is 104 Å². The molecule has 0 saturated heterocycles. The summed E-state index contributed by atoms with van der Waals surface area (Å²) in [6.07, 6.45) is 8.30. The lowest BCUT2D eigenvalue weighted by Gasteiger charge is -2.06. The lowest BCUT2D eigenvalue weighted by atomic mass is 10.1. The Hall–Kier alpha value is -1.54. The molecular formula is C20H31NO5S2. The number of hydrogen-bond donors (Lipinski definition) is 3. The zero-order valence-electron chi connectivity index (χ0n) is 16.5. The van der Waals surface area contributed by atoms with Gasteiger partial charge in [0, 0.05) is 29.0 Å². The Morgan fingerprint density at radius 2 is 1.43 bits per heavy atom. The van der Waals surface area contributed by atoms with Crippen LogP contribution >= 0.6 is 23.1 Å². The van der Waals surface area contributed by atoms with Crippen LogP contribution in [0.1, 0.15) is 75.5 Å². The van der Waals surface area contributed by atoms with Gasteiger partial charge in [-0.1, -0.05) is 32.1 Å². The Kier molecular flexibility index (Phi) is 12.6. The van der Waals surface area contributed by atoms with Gasteiger partial charge in [0.2, 0.25) is 5.91 Å². The van der Waals surface area contributed by atoms with Crippen LogP contribution in [0.4, 0.5) is 5.00 Å². The first-order chi connectivity index (χ1) is 13.4. The van der Waals surface area contributed by atoms with E-state index in [4.69, 9.17) is 10.2 Å². The van der Waals surface area contributed by atoms with Crippen molar-refractivity contribution in [3.63, 3.8) is 0 Å². The second-order valence-electron chi connectivity index (χ2n) is 6.81. The van der Waals surface area contributed by atoms with Gasteiger partial charge >= 0.3 is 11.9 Å². The Morgan fingerprint density at radius 3 is 2.04 bits per heavy atom. The van der Waals surface area contributed by atoms with Crippen molar-refractivity contribution in [2.75, 3.05) is 11.1 Å². The molecule has 28 heavy (non-hydrogen) atoms. The summed E-state index contributed by atoms with van der Waals surface area (Å²) in [7, 11) is 0. The number of carbonyl (C=O) groups is 3. The first-order valence-corrected chi connectivity index (χ1v) is 11.7. The summed E-state index contributed by atoms with van der Waals surface area (Å²) in [6.45, 7) is 2.00. The van der Waals surface area contributed by atoms with Crippen molar-refractivity contribution in [3.8, 4) is 0 Å². The molecule has 1 aromatic rings. The van der Waals surface area contributed by atoms with Crippen LogP contribution in [0.25, 0.3) is 0 Å². The van der Waals surface area contributed by atoms with Crippen LogP contribution in [0.3, 0.4) is 0 Å². The predicted octanol–water partition coefficient (Wildman–Crippen LogP) is 5.55. The molecule has 0 aromatic carbocycles. The summed E-state index contributed by atoms with van der Waals surface area (Å²) in [4.78, 5) is 35.3. The quantitative estimate of drug-likeness (QED) is 0.235. The van der Waals surface area contributed by atoms with Crippen molar-refractivity contribution in [3.05, 3.63) is 10.9 Å². The van der Waals surface area contributed by atoms with Crippen LogP contribution in [0, 0.1) is 6.92 Å². The Morgan fingerprint density at radius 1 is 0.893 bits per heavy atom. The molecule has 0 bridgehead atoms. The second-order valence-corrected chi connectivity index (χ2v) is 9.21. The number of unbranched alkanes of at least 4 members (excludes halogenated alkanes) is 6. The second kappa shape index (κ2) is 14.5. The number of carboxylic acid groups (broad SMARTS) is 2. The molecule has 0 aliphatic carbocycles. The molecular weight excluding hydrogens is 398 g/mol. The van der Waals surface area contributed by atoms with E-state index in [0.29, 0.717) is 12.8 Å². The third-order valence-electron chi connectivity index (χ3n) is 4.16. The summed E-state index contributed by atoms with van der Waals surface area (Å²) < 4.78 is 0. The summed E-state index contributed by atoms with van der Waals surface area (Å²) in [6, 6.07) is 2.04. The maximum absolute atomic E-state index is 12.2. The van der Waals surface area contributed by atoms with E-state index in [2.05, 4.69) is 5.32 Å². The number of aryl methyl sites for hydroxylation is 1. The number of aliphatic carboxylic acids is 2. The summed E-state index contributed by atoms with van der Waals surface area (Å²) in [5.74, 6) is -0.766. The lowest BCUT2D eigenvalue weighted by Crippen LogP contribution is -2.10. The van der Waals surface area contributed by atoms with Gasteiger partial charge in [0.15, 0.2) is 0 Å². The van der Waals surface area contributed by atoms with Crippen molar-refractivity contribution < 1.29 is 24.6 Å². The number of carboxylic acids is 2. The monoisotopic (exact) mass is 429 g/mol. The molecule has 0 unspecified atom stereocenters. The molecule has 0 atom stereocenters. The molecule has 0 aliphatic rings. The molecule has 0 aliphatic heterocycles. The van der Waals surface area contributed by atoms with Crippen LogP contribution in [-0.2, 0) is 14.4 Å². The highest BCUT2D eigenvalue weighted by Gasteiger charge is 2.11. The molecule has 3 N–H and O–H groups in total. The van der Waals surface area contributed by atoms with Gasteiger partial charge in [-0.3, -0.25) is 14.4 Å². The summed E-state index contributed by atoms with van der Waals surface area (Å²) >= 11 is 3.14. The van der Waals surface area contributed by atoms with E-state index >= 15 is 0 Å². The highest BCUT2D eigenvalue weighted by Crippen LogP contribution is 2.36. The number of thioether (sulfide) groups is 1.